The van der Waals surface area contributed by atoms with E-state index in [2.05, 4.69) is 15.9 Å². The molecule has 0 saturated carbocycles. The summed E-state index contributed by atoms with van der Waals surface area (Å²) in [6, 6.07) is 10.4. The van der Waals surface area contributed by atoms with E-state index >= 15 is 0 Å². The maximum atomic E-state index is 13.0. The molecule has 2 N–H and O–H groups in total. The van der Waals surface area contributed by atoms with Gasteiger partial charge < -0.3 is 10.5 Å². The zero-order valence-electron chi connectivity index (χ0n) is 10.6. The van der Waals surface area contributed by atoms with Crippen LogP contribution in [0.5, 0.6) is 5.75 Å². The van der Waals surface area contributed by atoms with Gasteiger partial charge in [0.15, 0.2) is 0 Å². The lowest BCUT2D eigenvalue weighted by atomic mass is 10.1. The van der Waals surface area contributed by atoms with E-state index < -0.39 is 0 Å². The number of benzene rings is 2. The maximum Gasteiger partial charge on any atom is 0.123 e. The lowest BCUT2D eigenvalue weighted by molar-refractivity contribution is 0.305. The van der Waals surface area contributed by atoms with E-state index in [0.29, 0.717) is 13.2 Å². The van der Waals surface area contributed by atoms with Gasteiger partial charge in [0.05, 0.1) is 0 Å². The minimum absolute atomic E-state index is 0.227. The number of nitrogens with two attached hydrogens (primary N) is 1. The second kappa shape index (κ2) is 6.17. The summed E-state index contributed by atoms with van der Waals surface area (Å²) in [5.41, 5.74) is 8.49. The molecule has 0 saturated heterocycles. The van der Waals surface area contributed by atoms with Crippen molar-refractivity contribution in [2.24, 2.45) is 5.73 Å². The number of hydrogen-bond acceptors (Lipinski definition) is 2. The average molecular weight is 324 g/mol. The van der Waals surface area contributed by atoms with Crippen molar-refractivity contribution in [3.63, 3.8) is 0 Å². The summed E-state index contributed by atoms with van der Waals surface area (Å²) in [4.78, 5) is 0. The third-order valence-corrected chi connectivity index (χ3v) is 3.71. The van der Waals surface area contributed by atoms with E-state index in [0.717, 1.165) is 26.9 Å². The lowest BCUT2D eigenvalue weighted by Gasteiger charge is -2.10. The number of hydrogen-bond donors (Lipinski definition) is 1. The first-order valence-corrected chi connectivity index (χ1v) is 6.76. The molecule has 0 aliphatic rings. The Morgan fingerprint density at radius 2 is 1.95 bits per heavy atom. The highest BCUT2D eigenvalue weighted by atomic mass is 79.9. The van der Waals surface area contributed by atoms with Crippen LogP contribution in [0.1, 0.15) is 16.7 Å². The van der Waals surface area contributed by atoms with Crippen LogP contribution in [0.2, 0.25) is 0 Å². The van der Waals surface area contributed by atoms with Crippen molar-refractivity contribution < 1.29 is 9.13 Å². The standard InChI is InChI=1S/C15H15BrFNO/c1-10-6-13(17)3-2-11(10)9-19-14-4-5-15(16)12(7-14)8-18/h2-7H,8-9,18H2,1H3. The van der Waals surface area contributed by atoms with E-state index in [9.17, 15) is 4.39 Å². The van der Waals surface area contributed by atoms with Crippen molar-refractivity contribution in [3.8, 4) is 5.75 Å². The molecule has 4 heteroatoms. The van der Waals surface area contributed by atoms with E-state index in [1.165, 1.54) is 12.1 Å². The van der Waals surface area contributed by atoms with Gasteiger partial charge in [-0.05, 0) is 53.9 Å². The van der Waals surface area contributed by atoms with Gasteiger partial charge in [-0.1, -0.05) is 22.0 Å². The molecule has 0 spiro atoms. The number of ether oxygens (including phenoxy) is 1. The van der Waals surface area contributed by atoms with Crippen LogP contribution in [0.3, 0.4) is 0 Å². The molecular formula is C15H15BrFNO. The van der Waals surface area contributed by atoms with Crippen molar-refractivity contribution in [2.45, 2.75) is 20.1 Å². The first kappa shape index (κ1) is 14.0. The van der Waals surface area contributed by atoms with Gasteiger partial charge in [-0.2, -0.15) is 0 Å². The second-order valence-corrected chi connectivity index (χ2v) is 5.17. The van der Waals surface area contributed by atoms with Crippen molar-refractivity contribution in [1.29, 1.82) is 0 Å². The summed E-state index contributed by atoms with van der Waals surface area (Å²) < 4.78 is 19.7. The zero-order valence-corrected chi connectivity index (χ0v) is 12.2. The summed E-state index contributed by atoms with van der Waals surface area (Å²) in [6.07, 6.45) is 0. The molecule has 2 aromatic rings. The largest absolute Gasteiger partial charge is 0.489 e. The molecule has 0 radical (unpaired) electrons. The smallest absolute Gasteiger partial charge is 0.123 e. The molecule has 0 heterocycles. The Morgan fingerprint density at radius 1 is 1.16 bits per heavy atom. The van der Waals surface area contributed by atoms with E-state index in [-0.39, 0.29) is 5.82 Å². The van der Waals surface area contributed by atoms with Gasteiger partial charge in [0, 0.05) is 11.0 Å². The van der Waals surface area contributed by atoms with E-state index in [1.807, 2.05) is 25.1 Å². The molecule has 0 aromatic heterocycles. The topological polar surface area (TPSA) is 35.2 Å². The fourth-order valence-corrected chi connectivity index (χ4v) is 2.19. The Morgan fingerprint density at radius 3 is 2.63 bits per heavy atom. The van der Waals surface area contributed by atoms with Gasteiger partial charge in [0.2, 0.25) is 0 Å². The summed E-state index contributed by atoms with van der Waals surface area (Å²) in [6.45, 7) is 2.74. The van der Waals surface area contributed by atoms with Crippen molar-refractivity contribution in [2.75, 3.05) is 0 Å². The minimum Gasteiger partial charge on any atom is -0.489 e. The van der Waals surface area contributed by atoms with Gasteiger partial charge in [-0.25, -0.2) is 4.39 Å². The highest BCUT2D eigenvalue weighted by Crippen LogP contribution is 2.23. The maximum absolute atomic E-state index is 13.0. The molecule has 0 aliphatic heterocycles. The first-order valence-electron chi connectivity index (χ1n) is 5.96. The average Bonchev–Trinajstić information content (AvgIpc) is 2.39. The Labute approximate surface area is 120 Å². The molecule has 0 fully saturated rings. The Kier molecular flexibility index (Phi) is 4.56. The van der Waals surface area contributed by atoms with Gasteiger partial charge in [0.25, 0.3) is 0 Å². The van der Waals surface area contributed by atoms with Crippen LogP contribution < -0.4 is 10.5 Å². The highest BCUT2D eigenvalue weighted by Gasteiger charge is 2.04. The van der Waals surface area contributed by atoms with Crippen LogP contribution in [-0.4, -0.2) is 0 Å². The van der Waals surface area contributed by atoms with Crippen LogP contribution in [0.4, 0.5) is 4.39 Å². The van der Waals surface area contributed by atoms with Crippen LogP contribution in [0, 0.1) is 12.7 Å². The van der Waals surface area contributed by atoms with Crippen LogP contribution in [0.15, 0.2) is 40.9 Å². The molecule has 0 unspecified atom stereocenters. The van der Waals surface area contributed by atoms with Gasteiger partial charge in [-0.3, -0.25) is 0 Å². The fourth-order valence-electron chi connectivity index (χ4n) is 1.78. The number of aryl methyl sites for hydroxylation is 1. The Bertz CT molecular complexity index is 586. The predicted molar refractivity (Wildman–Crippen MR) is 77.5 cm³/mol. The van der Waals surface area contributed by atoms with Crippen LogP contribution >= 0.6 is 15.9 Å². The molecule has 100 valence electrons. The van der Waals surface area contributed by atoms with Crippen LogP contribution in [0.25, 0.3) is 0 Å². The molecule has 0 bridgehead atoms. The number of rotatable bonds is 4. The zero-order chi connectivity index (χ0) is 13.8. The quantitative estimate of drug-likeness (QED) is 0.925. The third-order valence-electron chi connectivity index (χ3n) is 2.94. The van der Waals surface area contributed by atoms with Gasteiger partial charge in [-0.15, -0.1) is 0 Å². The van der Waals surface area contributed by atoms with Crippen molar-refractivity contribution in [1.82, 2.24) is 0 Å². The fraction of sp³-hybridized carbons (Fsp3) is 0.200. The minimum atomic E-state index is -0.227. The van der Waals surface area contributed by atoms with E-state index in [1.54, 1.807) is 6.07 Å². The molecule has 2 rings (SSSR count). The molecule has 0 amide bonds. The van der Waals surface area contributed by atoms with Crippen molar-refractivity contribution >= 4 is 15.9 Å². The van der Waals surface area contributed by atoms with E-state index in [4.69, 9.17) is 10.5 Å². The molecule has 19 heavy (non-hydrogen) atoms. The van der Waals surface area contributed by atoms with Crippen LogP contribution in [-0.2, 0) is 13.2 Å². The molecule has 0 aliphatic carbocycles. The first-order chi connectivity index (χ1) is 9.10. The highest BCUT2D eigenvalue weighted by molar-refractivity contribution is 9.10. The summed E-state index contributed by atoms with van der Waals surface area (Å²) in [7, 11) is 0. The molecule has 2 aromatic carbocycles. The second-order valence-electron chi connectivity index (χ2n) is 4.32. The molecule has 0 atom stereocenters. The van der Waals surface area contributed by atoms with Gasteiger partial charge >= 0.3 is 0 Å². The molecule has 2 nitrogen and oxygen atoms in total. The summed E-state index contributed by atoms with van der Waals surface area (Å²) in [5.74, 6) is 0.530. The summed E-state index contributed by atoms with van der Waals surface area (Å²) >= 11 is 3.43. The Hall–Kier alpha value is -1.39. The lowest BCUT2D eigenvalue weighted by Crippen LogP contribution is -2.01. The van der Waals surface area contributed by atoms with Gasteiger partial charge in [0.1, 0.15) is 18.2 Å². The third kappa shape index (κ3) is 3.55. The monoisotopic (exact) mass is 323 g/mol. The van der Waals surface area contributed by atoms with Crippen molar-refractivity contribution in [3.05, 3.63) is 63.4 Å². The summed E-state index contributed by atoms with van der Waals surface area (Å²) in [5, 5.41) is 0. The SMILES string of the molecule is Cc1cc(F)ccc1COc1ccc(Br)c(CN)c1. The Balaban J connectivity index is 2.10. The molecular weight excluding hydrogens is 309 g/mol. The predicted octanol–water partition coefficient (Wildman–Crippen LogP) is 3.93. The number of halogens is 2. The normalized spacial score (nSPS) is 10.5.